The molecule has 3 fully saturated rings. The second-order valence-electron chi connectivity index (χ2n) is 6.27. The van der Waals surface area contributed by atoms with E-state index in [1.807, 2.05) is 11.9 Å². The van der Waals surface area contributed by atoms with Gasteiger partial charge in [-0.25, -0.2) is 0 Å². The predicted octanol–water partition coefficient (Wildman–Crippen LogP) is 2.34. The van der Waals surface area contributed by atoms with Gasteiger partial charge >= 0.3 is 0 Å². The van der Waals surface area contributed by atoms with E-state index < -0.39 is 0 Å². The summed E-state index contributed by atoms with van der Waals surface area (Å²) in [7, 11) is 2.00. The maximum absolute atomic E-state index is 12.2. The lowest BCUT2D eigenvalue weighted by Crippen LogP contribution is -2.44. The van der Waals surface area contributed by atoms with Crippen LogP contribution in [0.25, 0.3) is 0 Å². The van der Waals surface area contributed by atoms with Crippen molar-refractivity contribution in [2.75, 3.05) is 7.05 Å². The highest BCUT2D eigenvalue weighted by atomic mass is 35.5. The Morgan fingerprint density at radius 2 is 1.78 bits per heavy atom. The monoisotopic (exact) mass is 272 g/mol. The zero-order valence-electron chi connectivity index (χ0n) is 11.2. The van der Waals surface area contributed by atoms with Gasteiger partial charge in [0, 0.05) is 31.6 Å². The molecule has 0 aromatic heterocycles. The van der Waals surface area contributed by atoms with E-state index in [0.29, 0.717) is 30.0 Å². The molecule has 0 spiro atoms. The molecule has 2 unspecified atom stereocenters. The number of piperidine rings is 1. The quantitative estimate of drug-likeness (QED) is 0.855. The maximum atomic E-state index is 12.2. The molecule has 2 aliphatic heterocycles. The predicted molar refractivity (Wildman–Crippen MR) is 74.9 cm³/mol. The lowest BCUT2D eigenvalue weighted by Gasteiger charge is -2.36. The first-order valence-electron chi connectivity index (χ1n) is 7.24. The lowest BCUT2D eigenvalue weighted by atomic mass is 9.87. The van der Waals surface area contributed by atoms with Crippen molar-refractivity contribution in [1.29, 1.82) is 0 Å². The van der Waals surface area contributed by atoms with Gasteiger partial charge in [0.1, 0.15) is 0 Å². The summed E-state index contributed by atoms with van der Waals surface area (Å²) < 4.78 is 0. The second-order valence-corrected chi connectivity index (χ2v) is 6.27. The molecular formula is C14H25ClN2O. The van der Waals surface area contributed by atoms with Gasteiger partial charge in [0.25, 0.3) is 0 Å². The van der Waals surface area contributed by atoms with E-state index in [1.165, 1.54) is 44.9 Å². The van der Waals surface area contributed by atoms with Crippen molar-refractivity contribution in [2.24, 2.45) is 5.92 Å². The number of nitrogens with one attached hydrogen (secondary N) is 1. The summed E-state index contributed by atoms with van der Waals surface area (Å²) in [5, 5.41) is 3.64. The SMILES string of the molecule is CN(C(=O)CC1CC2CCC(C1)N2)C1CCC1.Cl. The van der Waals surface area contributed by atoms with Gasteiger partial charge in [0.05, 0.1) is 0 Å². The van der Waals surface area contributed by atoms with E-state index in [2.05, 4.69) is 5.32 Å². The van der Waals surface area contributed by atoms with Gasteiger partial charge in [-0.3, -0.25) is 4.79 Å². The number of amides is 1. The van der Waals surface area contributed by atoms with Crippen molar-refractivity contribution in [3.63, 3.8) is 0 Å². The first-order valence-corrected chi connectivity index (χ1v) is 7.24. The minimum absolute atomic E-state index is 0. The Hall–Kier alpha value is -0.280. The Bertz CT molecular complexity index is 294. The Morgan fingerprint density at radius 1 is 1.17 bits per heavy atom. The number of nitrogens with zero attached hydrogens (tertiary/aromatic N) is 1. The molecule has 2 saturated heterocycles. The lowest BCUT2D eigenvalue weighted by molar-refractivity contribution is -0.134. The van der Waals surface area contributed by atoms with Crippen LogP contribution in [-0.2, 0) is 4.79 Å². The molecule has 3 nitrogen and oxygen atoms in total. The van der Waals surface area contributed by atoms with Crippen LogP contribution in [0.2, 0.25) is 0 Å². The van der Waals surface area contributed by atoms with Crippen molar-refractivity contribution in [2.45, 2.75) is 69.5 Å². The number of carbonyl (C=O) groups is 1. The van der Waals surface area contributed by atoms with Gasteiger partial charge in [-0.15, -0.1) is 12.4 Å². The molecule has 0 aromatic rings. The van der Waals surface area contributed by atoms with Gasteiger partial charge < -0.3 is 10.2 Å². The average molecular weight is 273 g/mol. The molecule has 2 heterocycles. The van der Waals surface area contributed by atoms with Gasteiger partial charge in [-0.2, -0.15) is 0 Å². The third-order valence-corrected chi connectivity index (χ3v) is 5.05. The van der Waals surface area contributed by atoms with Crippen LogP contribution in [0, 0.1) is 5.92 Å². The molecule has 3 aliphatic rings. The molecule has 1 saturated carbocycles. The van der Waals surface area contributed by atoms with Crippen molar-refractivity contribution >= 4 is 18.3 Å². The summed E-state index contributed by atoms with van der Waals surface area (Å²) in [6.07, 6.45) is 9.64. The second kappa shape index (κ2) is 5.79. The van der Waals surface area contributed by atoms with Crippen LogP contribution in [0.3, 0.4) is 0 Å². The van der Waals surface area contributed by atoms with E-state index in [1.54, 1.807) is 0 Å². The molecule has 0 radical (unpaired) electrons. The van der Waals surface area contributed by atoms with Gasteiger partial charge in [-0.05, 0) is 50.9 Å². The van der Waals surface area contributed by atoms with E-state index in [-0.39, 0.29) is 12.4 Å². The molecule has 2 bridgehead atoms. The molecular weight excluding hydrogens is 248 g/mol. The first kappa shape index (κ1) is 14.1. The van der Waals surface area contributed by atoms with Crippen molar-refractivity contribution in [3.05, 3.63) is 0 Å². The summed E-state index contributed by atoms with van der Waals surface area (Å²) in [5.74, 6) is 1.03. The summed E-state index contributed by atoms with van der Waals surface area (Å²) in [6.45, 7) is 0. The van der Waals surface area contributed by atoms with Crippen molar-refractivity contribution in [3.8, 4) is 0 Å². The third kappa shape index (κ3) is 2.83. The Kier molecular flexibility index (Phi) is 4.54. The molecule has 18 heavy (non-hydrogen) atoms. The van der Waals surface area contributed by atoms with Crippen molar-refractivity contribution < 1.29 is 4.79 Å². The average Bonchev–Trinajstić information content (AvgIpc) is 2.55. The normalized spacial score (nSPS) is 34.6. The molecule has 2 atom stereocenters. The third-order valence-electron chi connectivity index (χ3n) is 5.05. The fourth-order valence-corrected chi connectivity index (χ4v) is 3.71. The first-order chi connectivity index (χ1) is 8.22. The highest BCUT2D eigenvalue weighted by Gasteiger charge is 2.35. The number of hydrogen-bond donors (Lipinski definition) is 1. The van der Waals surface area contributed by atoms with Crippen LogP contribution in [0.5, 0.6) is 0 Å². The number of fused-ring (bicyclic) bond motifs is 2. The topological polar surface area (TPSA) is 32.3 Å². The van der Waals surface area contributed by atoms with E-state index in [4.69, 9.17) is 0 Å². The highest BCUT2D eigenvalue weighted by molar-refractivity contribution is 5.85. The minimum atomic E-state index is 0. The van der Waals surface area contributed by atoms with Gasteiger partial charge in [0.15, 0.2) is 0 Å². The highest BCUT2D eigenvalue weighted by Crippen LogP contribution is 2.33. The Labute approximate surface area is 116 Å². The van der Waals surface area contributed by atoms with Crippen molar-refractivity contribution in [1.82, 2.24) is 10.2 Å². The zero-order valence-corrected chi connectivity index (χ0v) is 12.0. The van der Waals surface area contributed by atoms with E-state index >= 15 is 0 Å². The van der Waals surface area contributed by atoms with Crippen LogP contribution in [0.15, 0.2) is 0 Å². The molecule has 4 heteroatoms. The maximum Gasteiger partial charge on any atom is 0.222 e. The number of carbonyl (C=O) groups excluding carboxylic acids is 1. The van der Waals surface area contributed by atoms with Crippen LogP contribution < -0.4 is 5.32 Å². The fraction of sp³-hybridized carbons (Fsp3) is 0.929. The summed E-state index contributed by atoms with van der Waals surface area (Å²) in [6, 6.07) is 1.97. The fourth-order valence-electron chi connectivity index (χ4n) is 3.71. The van der Waals surface area contributed by atoms with E-state index in [0.717, 1.165) is 6.42 Å². The van der Waals surface area contributed by atoms with Crippen LogP contribution >= 0.6 is 12.4 Å². The number of rotatable bonds is 3. The van der Waals surface area contributed by atoms with E-state index in [9.17, 15) is 4.79 Å². The van der Waals surface area contributed by atoms with Crippen LogP contribution in [0.1, 0.15) is 51.4 Å². The minimum Gasteiger partial charge on any atom is -0.343 e. The van der Waals surface area contributed by atoms with Crippen LogP contribution in [-0.4, -0.2) is 36.0 Å². The number of hydrogen-bond acceptors (Lipinski definition) is 2. The standard InChI is InChI=1S/C14H24N2O.ClH/c1-16(13-3-2-4-13)14(17)9-10-7-11-5-6-12(8-10)15-11;/h10-13,15H,2-9H2,1H3;1H. The zero-order chi connectivity index (χ0) is 11.8. The van der Waals surface area contributed by atoms with Gasteiger partial charge in [0.2, 0.25) is 5.91 Å². The largest absolute Gasteiger partial charge is 0.343 e. The Balaban J connectivity index is 0.00000120. The molecule has 3 rings (SSSR count). The molecule has 1 amide bonds. The molecule has 0 aromatic carbocycles. The van der Waals surface area contributed by atoms with Gasteiger partial charge in [-0.1, -0.05) is 0 Å². The summed E-state index contributed by atoms with van der Waals surface area (Å²) in [4.78, 5) is 14.2. The summed E-state index contributed by atoms with van der Waals surface area (Å²) in [5.41, 5.74) is 0. The number of halogens is 1. The summed E-state index contributed by atoms with van der Waals surface area (Å²) >= 11 is 0. The molecule has 1 N–H and O–H groups in total. The van der Waals surface area contributed by atoms with Crippen LogP contribution in [0.4, 0.5) is 0 Å². The molecule has 104 valence electrons. The smallest absolute Gasteiger partial charge is 0.222 e. The molecule has 1 aliphatic carbocycles. The Morgan fingerprint density at radius 3 is 2.28 bits per heavy atom.